The fourth-order valence-corrected chi connectivity index (χ4v) is 2.65. The Hall–Kier alpha value is -0.430. The third-order valence-electron chi connectivity index (χ3n) is 2.63. The van der Waals surface area contributed by atoms with E-state index in [1.807, 2.05) is 0 Å². The highest BCUT2D eigenvalue weighted by molar-refractivity contribution is 7.99. The summed E-state index contributed by atoms with van der Waals surface area (Å²) < 4.78 is 37.0. The fraction of sp³-hybridized carbons (Fsp3) is 0.889. The summed E-state index contributed by atoms with van der Waals surface area (Å²) in [5.74, 6) is 0.811. The Labute approximate surface area is 95.7 Å². The van der Waals surface area contributed by atoms with Crippen LogP contribution in [0, 0.1) is 0 Å². The molecule has 0 aromatic heterocycles. The molecule has 1 aliphatic heterocycles. The number of nitrogens with one attached hydrogen (secondary N) is 1. The van der Waals surface area contributed by atoms with E-state index in [2.05, 4.69) is 5.32 Å². The van der Waals surface area contributed by atoms with Crippen LogP contribution in [0.3, 0.4) is 0 Å². The Bertz CT molecular complexity index is 274. The molecule has 2 rings (SSSR count). The van der Waals surface area contributed by atoms with Crippen molar-refractivity contribution in [3.63, 3.8) is 0 Å². The summed E-state index contributed by atoms with van der Waals surface area (Å²) in [5, 5.41) is 2.91. The van der Waals surface area contributed by atoms with Crippen molar-refractivity contribution in [2.24, 2.45) is 0 Å². The van der Waals surface area contributed by atoms with E-state index in [1.165, 1.54) is 11.8 Å². The Morgan fingerprint density at radius 2 is 2.12 bits per heavy atom. The quantitative estimate of drug-likeness (QED) is 0.821. The van der Waals surface area contributed by atoms with Gasteiger partial charge >= 0.3 is 6.18 Å². The van der Waals surface area contributed by atoms with Gasteiger partial charge < -0.3 is 4.90 Å². The van der Waals surface area contributed by atoms with Crippen molar-refractivity contribution in [3.05, 3.63) is 0 Å². The molecule has 1 heterocycles. The first-order valence-corrected chi connectivity index (χ1v) is 6.31. The van der Waals surface area contributed by atoms with Crippen LogP contribution in [-0.4, -0.2) is 47.2 Å². The van der Waals surface area contributed by atoms with Gasteiger partial charge in [-0.25, -0.2) is 0 Å². The van der Waals surface area contributed by atoms with Gasteiger partial charge in [-0.3, -0.25) is 10.1 Å². The molecule has 1 unspecified atom stereocenters. The van der Waals surface area contributed by atoms with Crippen molar-refractivity contribution in [1.82, 2.24) is 10.2 Å². The molecule has 0 bridgehead atoms. The van der Waals surface area contributed by atoms with E-state index < -0.39 is 24.7 Å². The summed E-state index contributed by atoms with van der Waals surface area (Å²) in [6, 6.07) is -0.630. The SMILES string of the molecule is O=C(C1CSCN1)N(CC(F)(F)F)C1CC1. The van der Waals surface area contributed by atoms with E-state index in [0.717, 1.165) is 4.90 Å². The number of rotatable bonds is 3. The first-order valence-electron chi connectivity index (χ1n) is 5.16. The minimum absolute atomic E-state index is 0.193. The zero-order chi connectivity index (χ0) is 11.8. The molecule has 0 spiro atoms. The highest BCUT2D eigenvalue weighted by Gasteiger charge is 2.42. The third-order valence-corrected chi connectivity index (χ3v) is 3.57. The molecule has 0 aromatic carbocycles. The van der Waals surface area contributed by atoms with E-state index in [9.17, 15) is 18.0 Å². The number of carbonyl (C=O) groups is 1. The standard InChI is InChI=1S/C9H13F3N2OS/c10-9(11,12)4-14(6-1-2-6)8(15)7-3-16-5-13-7/h6-7,13H,1-5H2. The molecule has 2 fully saturated rings. The van der Waals surface area contributed by atoms with Crippen LogP contribution in [0.25, 0.3) is 0 Å². The Balaban J connectivity index is 1.98. The zero-order valence-electron chi connectivity index (χ0n) is 8.59. The molecule has 1 N–H and O–H groups in total. The monoisotopic (exact) mass is 254 g/mol. The lowest BCUT2D eigenvalue weighted by Crippen LogP contribution is -2.49. The maximum absolute atomic E-state index is 12.3. The molecule has 1 atom stereocenters. The minimum Gasteiger partial charge on any atom is -0.329 e. The van der Waals surface area contributed by atoms with Gasteiger partial charge in [0.2, 0.25) is 5.91 Å². The summed E-state index contributed by atoms with van der Waals surface area (Å²) >= 11 is 1.54. The Morgan fingerprint density at radius 1 is 1.44 bits per heavy atom. The molecule has 1 amide bonds. The van der Waals surface area contributed by atoms with Crippen LogP contribution in [0.15, 0.2) is 0 Å². The van der Waals surface area contributed by atoms with E-state index in [0.29, 0.717) is 24.5 Å². The average molecular weight is 254 g/mol. The number of hydrogen-bond acceptors (Lipinski definition) is 3. The molecule has 1 aliphatic carbocycles. The van der Waals surface area contributed by atoms with Gasteiger partial charge in [-0.15, -0.1) is 11.8 Å². The molecule has 16 heavy (non-hydrogen) atoms. The lowest BCUT2D eigenvalue weighted by molar-refractivity contribution is -0.163. The highest BCUT2D eigenvalue weighted by Crippen LogP contribution is 2.31. The molecular weight excluding hydrogens is 241 g/mol. The van der Waals surface area contributed by atoms with E-state index in [4.69, 9.17) is 0 Å². The van der Waals surface area contributed by atoms with E-state index >= 15 is 0 Å². The van der Waals surface area contributed by atoms with Gasteiger partial charge in [0.1, 0.15) is 6.54 Å². The van der Waals surface area contributed by atoms with Crippen molar-refractivity contribution in [2.45, 2.75) is 31.1 Å². The largest absolute Gasteiger partial charge is 0.406 e. The highest BCUT2D eigenvalue weighted by atomic mass is 32.2. The van der Waals surface area contributed by atoms with Crippen LogP contribution in [0.1, 0.15) is 12.8 Å². The number of hydrogen-bond donors (Lipinski definition) is 1. The van der Waals surface area contributed by atoms with Gasteiger partial charge in [-0.2, -0.15) is 13.2 Å². The average Bonchev–Trinajstić information content (AvgIpc) is 2.87. The summed E-state index contributed by atoms with van der Waals surface area (Å²) in [5.41, 5.74) is 0. The lowest BCUT2D eigenvalue weighted by Gasteiger charge is -2.26. The van der Waals surface area contributed by atoms with Gasteiger partial charge in [0, 0.05) is 17.7 Å². The predicted octanol–water partition coefficient (Wildman–Crippen LogP) is 1.20. The molecule has 92 valence electrons. The van der Waals surface area contributed by atoms with Gasteiger partial charge in [0.05, 0.1) is 6.04 Å². The van der Waals surface area contributed by atoms with Gasteiger partial charge in [-0.05, 0) is 12.8 Å². The number of amides is 1. The maximum atomic E-state index is 12.3. The predicted molar refractivity (Wildman–Crippen MR) is 55.0 cm³/mol. The van der Waals surface area contributed by atoms with Gasteiger partial charge in [0.15, 0.2) is 0 Å². The van der Waals surface area contributed by atoms with Gasteiger partial charge in [-0.1, -0.05) is 0 Å². The van der Waals surface area contributed by atoms with Crippen molar-refractivity contribution >= 4 is 17.7 Å². The van der Waals surface area contributed by atoms with Gasteiger partial charge in [0.25, 0.3) is 0 Å². The second kappa shape index (κ2) is 4.44. The summed E-state index contributed by atoms with van der Waals surface area (Å²) in [4.78, 5) is 12.8. The second-order valence-electron chi connectivity index (χ2n) is 4.08. The van der Waals surface area contributed by atoms with E-state index in [-0.39, 0.29) is 6.04 Å². The van der Waals surface area contributed by atoms with Crippen LogP contribution >= 0.6 is 11.8 Å². The zero-order valence-corrected chi connectivity index (χ0v) is 9.40. The number of nitrogens with zero attached hydrogens (tertiary/aromatic N) is 1. The molecule has 1 saturated heterocycles. The normalized spacial score (nSPS) is 25.8. The first kappa shape index (κ1) is 12.0. The molecular formula is C9H13F3N2OS. The smallest absolute Gasteiger partial charge is 0.329 e. The van der Waals surface area contributed by atoms with Crippen LogP contribution in [0.2, 0.25) is 0 Å². The molecule has 0 radical (unpaired) electrons. The third kappa shape index (κ3) is 3.04. The van der Waals surface area contributed by atoms with Crippen LogP contribution in [-0.2, 0) is 4.79 Å². The topological polar surface area (TPSA) is 32.3 Å². The second-order valence-corrected chi connectivity index (χ2v) is 5.11. The molecule has 1 saturated carbocycles. The van der Waals surface area contributed by atoms with Crippen molar-refractivity contribution in [1.29, 1.82) is 0 Å². The maximum Gasteiger partial charge on any atom is 0.406 e. The first-order chi connectivity index (χ1) is 7.47. The minimum atomic E-state index is -4.30. The number of thioether (sulfide) groups is 1. The van der Waals surface area contributed by atoms with Crippen molar-refractivity contribution < 1.29 is 18.0 Å². The Morgan fingerprint density at radius 3 is 2.56 bits per heavy atom. The summed E-state index contributed by atoms with van der Waals surface area (Å²) in [6.45, 7) is -1.11. The summed E-state index contributed by atoms with van der Waals surface area (Å²) in [6.07, 6.45) is -2.91. The molecule has 7 heteroatoms. The number of alkyl halides is 3. The van der Waals surface area contributed by atoms with Crippen LogP contribution < -0.4 is 5.32 Å². The van der Waals surface area contributed by atoms with Crippen LogP contribution in [0.5, 0.6) is 0 Å². The van der Waals surface area contributed by atoms with E-state index in [1.54, 1.807) is 0 Å². The summed E-state index contributed by atoms with van der Waals surface area (Å²) in [7, 11) is 0. The van der Waals surface area contributed by atoms with Crippen molar-refractivity contribution in [3.8, 4) is 0 Å². The Kier molecular flexibility index (Phi) is 3.34. The number of halogens is 3. The fourth-order valence-electron chi connectivity index (χ4n) is 1.72. The number of carbonyl (C=O) groups excluding carboxylic acids is 1. The van der Waals surface area contributed by atoms with Crippen LogP contribution in [0.4, 0.5) is 13.2 Å². The lowest BCUT2D eigenvalue weighted by atomic mass is 10.2. The van der Waals surface area contributed by atoms with Crippen molar-refractivity contribution in [2.75, 3.05) is 18.2 Å². The molecule has 3 nitrogen and oxygen atoms in total. The molecule has 2 aliphatic rings. The molecule has 0 aromatic rings.